The molecule has 0 amide bonds. The minimum atomic E-state index is 0.0480. The molecule has 0 unspecified atom stereocenters. The molecule has 4 aliphatic rings. The van der Waals surface area contributed by atoms with Crippen molar-refractivity contribution in [1.82, 2.24) is 0 Å². The summed E-state index contributed by atoms with van der Waals surface area (Å²) in [6, 6.07) is 83.1. The molecule has 346 valence electrons. The molecule has 0 spiro atoms. The summed E-state index contributed by atoms with van der Waals surface area (Å²) in [5.74, 6) is 0.579. The van der Waals surface area contributed by atoms with Gasteiger partial charge < -0.3 is 9.80 Å². The van der Waals surface area contributed by atoms with E-state index in [-0.39, 0.29) is 25.3 Å². The van der Waals surface area contributed by atoms with Gasteiger partial charge in [-0.05, 0) is 159 Å². The van der Waals surface area contributed by atoms with E-state index in [0.717, 1.165) is 0 Å². The maximum Gasteiger partial charge on any atom is 0.248 e. The zero-order chi connectivity index (χ0) is 49.1. The highest BCUT2D eigenvalue weighted by atomic mass is 15.2. The van der Waals surface area contributed by atoms with E-state index in [0.29, 0.717) is 0 Å². The molecule has 4 heteroatoms. The topological polar surface area (TPSA) is 6.48 Å². The molecule has 12 aromatic rings. The smallest absolute Gasteiger partial charge is 0.248 e. The fourth-order valence-electron chi connectivity index (χ4n) is 14.4. The third kappa shape index (κ3) is 5.53. The van der Waals surface area contributed by atoms with E-state index in [1.165, 1.54) is 155 Å². The van der Waals surface area contributed by atoms with Crippen LogP contribution in [0.5, 0.6) is 0 Å². The number of nitrogens with zero attached hydrogens (tertiary/aromatic N) is 2. The van der Waals surface area contributed by atoms with E-state index in [1.807, 2.05) is 0 Å². The number of hydrogen-bond donors (Lipinski definition) is 0. The van der Waals surface area contributed by atoms with Crippen LogP contribution in [0.25, 0.3) is 76.8 Å². The second-order valence-corrected chi connectivity index (χ2v) is 21.8. The van der Waals surface area contributed by atoms with Gasteiger partial charge in [-0.1, -0.05) is 208 Å². The Kier molecular flexibility index (Phi) is 8.77. The lowest BCUT2D eigenvalue weighted by atomic mass is 9.31. The van der Waals surface area contributed by atoms with Crippen LogP contribution in [-0.2, 0) is 0 Å². The number of benzene rings is 12. The van der Waals surface area contributed by atoms with Crippen molar-refractivity contribution in [2.24, 2.45) is 0 Å². The number of fused-ring (bicyclic) bond motifs is 8. The summed E-state index contributed by atoms with van der Waals surface area (Å²) in [5.41, 5.74) is 28.9. The standard InChI is InChI=1S/C70H50B2N2/c1-41(2)49-37-51-47-27-19-35-63-69(47)72(56-30-14-18-34-62(56)73(63)59-31-15-11-25-45(59)43-21-7-5-8-22-43)58-40-54-50(42(3)4)38-52-48-28-20-36-64-70(48)71(57-39-53(49)67(65(51)58)68(54)66(52)57)55-29-13-17-33-61(55)74(64)60-32-16-12-26-46(60)44-23-9-6-10-24-44/h5-42H,1-4H3. The molecule has 0 bridgehead atoms. The molecule has 0 fully saturated rings. The highest BCUT2D eigenvalue weighted by molar-refractivity contribution is 7.02. The average molecular weight is 941 g/mol. The van der Waals surface area contributed by atoms with Crippen molar-refractivity contribution in [1.29, 1.82) is 0 Å². The fourth-order valence-corrected chi connectivity index (χ4v) is 14.4. The van der Waals surface area contributed by atoms with E-state index in [1.54, 1.807) is 0 Å². The Morgan fingerprint density at radius 2 is 0.635 bits per heavy atom. The lowest BCUT2D eigenvalue weighted by Crippen LogP contribution is -2.60. The van der Waals surface area contributed by atoms with Gasteiger partial charge in [0.15, 0.2) is 0 Å². The molecule has 0 aromatic heterocycles. The van der Waals surface area contributed by atoms with Gasteiger partial charge in [0.05, 0.1) is 11.4 Å². The van der Waals surface area contributed by atoms with Gasteiger partial charge in [0.2, 0.25) is 13.4 Å². The lowest BCUT2D eigenvalue weighted by Gasteiger charge is -2.43. The summed E-state index contributed by atoms with van der Waals surface area (Å²) in [6.45, 7) is 9.73. The Balaban J connectivity index is 1.01. The van der Waals surface area contributed by atoms with Crippen LogP contribution in [-0.4, -0.2) is 13.4 Å². The predicted molar refractivity (Wildman–Crippen MR) is 319 cm³/mol. The maximum atomic E-state index is 2.68. The van der Waals surface area contributed by atoms with Crippen LogP contribution in [0.4, 0.5) is 34.1 Å². The quantitative estimate of drug-likeness (QED) is 0.121. The SMILES string of the molecule is CC(C)c1cc2c3c(cc4c(C(C)C)cc5c6c(cc1c3c46)B1c3ccccc3N(c3ccccc3-c3ccccc3)c3cccc-5c31)B1c3ccccc3N(c3ccccc3-c3ccccc3)c3cccc-2c31. The molecule has 0 aliphatic carbocycles. The van der Waals surface area contributed by atoms with Gasteiger partial charge in [0.1, 0.15) is 0 Å². The first kappa shape index (κ1) is 42.0. The van der Waals surface area contributed by atoms with Gasteiger partial charge in [-0.15, -0.1) is 0 Å². The monoisotopic (exact) mass is 940 g/mol. The fraction of sp³-hybridized carbons (Fsp3) is 0.0857. The van der Waals surface area contributed by atoms with E-state index in [2.05, 4.69) is 256 Å². The Morgan fingerprint density at radius 1 is 0.284 bits per heavy atom. The van der Waals surface area contributed by atoms with Crippen molar-refractivity contribution in [2.75, 3.05) is 9.80 Å². The molecule has 74 heavy (non-hydrogen) atoms. The third-order valence-corrected chi connectivity index (χ3v) is 17.3. The first-order valence-electron chi connectivity index (χ1n) is 26.6. The largest absolute Gasteiger partial charge is 0.311 e. The molecule has 0 N–H and O–H groups in total. The van der Waals surface area contributed by atoms with Gasteiger partial charge in [0.25, 0.3) is 0 Å². The Morgan fingerprint density at radius 3 is 1.05 bits per heavy atom. The normalized spacial score (nSPS) is 13.5. The van der Waals surface area contributed by atoms with Gasteiger partial charge in [0, 0.05) is 33.9 Å². The second kappa shape index (κ2) is 15.5. The van der Waals surface area contributed by atoms with Gasteiger partial charge in [-0.2, -0.15) is 0 Å². The summed E-state index contributed by atoms with van der Waals surface area (Å²) >= 11 is 0. The first-order chi connectivity index (χ1) is 36.4. The van der Waals surface area contributed by atoms with Gasteiger partial charge >= 0.3 is 0 Å². The molecular weight excluding hydrogens is 890 g/mol. The zero-order valence-electron chi connectivity index (χ0n) is 42.0. The summed E-state index contributed by atoms with van der Waals surface area (Å²) < 4.78 is 0. The number of para-hydroxylation sites is 4. The Bertz CT molecular complexity index is 4070. The number of hydrogen-bond acceptors (Lipinski definition) is 2. The van der Waals surface area contributed by atoms with E-state index in [4.69, 9.17) is 0 Å². The summed E-state index contributed by atoms with van der Waals surface area (Å²) in [4.78, 5) is 5.13. The van der Waals surface area contributed by atoms with Crippen molar-refractivity contribution < 1.29 is 0 Å². The lowest BCUT2D eigenvalue weighted by molar-refractivity contribution is 0.876. The summed E-state index contributed by atoms with van der Waals surface area (Å²) in [6.07, 6.45) is 0. The van der Waals surface area contributed by atoms with Crippen molar-refractivity contribution in [2.45, 2.75) is 39.5 Å². The van der Waals surface area contributed by atoms with Crippen LogP contribution in [0.1, 0.15) is 50.7 Å². The minimum absolute atomic E-state index is 0.0480. The predicted octanol–water partition coefficient (Wildman–Crippen LogP) is 14.7. The van der Waals surface area contributed by atoms with Crippen LogP contribution in [0, 0.1) is 0 Å². The molecule has 0 atom stereocenters. The number of rotatable bonds is 6. The first-order valence-corrected chi connectivity index (χ1v) is 26.6. The van der Waals surface area contributed by atoms with Crippen LogP contribution in [0.2, 0.25) is 0 Å². The van der Waals surface area contributed by atoms with Crippen molar-refractivity contribution in [3.05, 3.63) is 230 Å². The van der Waals surface area contributed by atoms with E-state index >= 15 is 0 Å². The van der Waals surface area contributed by atoms with Gasteiger partial charge in [-0.3, -0.25) is 0 Å². The molecule has 12 aromatic carbocycles. The third-order valence-electron chi connectivity index (χ3n) is 17.3. The Labute approximate surface area is 433 Å². The molecule has 4 aliphatic heterocycles. The molecule has 16 rings (SSSR count). The van der Waals surface area contributed by atoms with Gasteiger partial charge in [-0.25, -0.2) is 0 Å². The zero-order valence-corrected chi connectivity index (χ0v) is 42.0. The Hall–Kier alpha value is -8.59. The van der Waals surface area contributed by atoms with Crippen molar-refractivity contribution in [3.63, 3.8) is 0 Å². The molecule has 0 saturated heterocycles. The minimum Gasteiger partial charge on any atom is -0.311 e. The second-order valence-electron chi connectivity index (χ2n) is 21.8. The average Bonchev–Trinajstić information content (AvgIpc) is 3.49. The van der Waals surface area contributed by atoms with Crippen LogP contribution >= 0.6 is 0 Å². The van der Waals surface area contributed by atoms with Crippen LogP contribution < -0.4 is 42.6 Å². The van der Waals surface area contributed by atoms with Crippen LogP contribution in [0.3, 0.4) is 0 Å². The number of anilines is 6. The highest BCUT2D eigenvalue weighted by Crippen LogP contribution is 2.52. The highest BCUT2D eigenvalue weighted by Gasteiger charge is 2.45. The molecular formula is C70H50B2N2. The summed E-state index contributed by atoms with van der Waals surface area (Å²) in [5, 5.41) is 8.52. The molecule has 2 nitrogen and oxygen atoms in total. The molecule has 0 saturated carbocycles. The van der Waals surface area contributed by atoms with Crippen LogP contribution in [0.15, 0.2) is 218 Å². The van der Waals surface area contributed by atoms with Crippen molar-refractivity contribution >= 4 is 113 Å². The van der Waals surface area contributed by atoms with E-state index in [9.17, 15) is 0 Å². The molecule has 0 radical (unpaired) electrons. The van der Waals surface area contributed by atoms with E-state index < -0.39 is 0 Å². The summed E-state index contributed by atoms with van der Waals surface area (Å²) in [7, 11) is 0. The van der Waals surface area contributed by atoms with Crippen molar-refractivity contribution in [3.8, 4) is 44.5 Å². The molecule has 4 heterocycles. The maximum absolute atomic E-state index is 2.68.